The molecule has 1 aliphatic heterocycles. The molecule has 0 aliphatic carbocycles. The first-order chi connectivity index (χ1) is 19.4. The number of hydrogen-bond acceptors (Lipinski definition) is 7. The first-order valence-corrected chi connectivity index (χ1v) is 14.3. The molecule has 0 amide bonds. The number of carbonyl (C=O) groups is 1. The average Bonchev–Trinajstić information content (AvgIpc) is 3.42. The molecule has 1 unspecified atom stereocenters. The molecule has 40 heavy (non-hydrogen) atoms. The van der Waals surface area contributed by atoms with Crippen LogP contribution in [0.3, 0.4) is 0 Å². The minimum atomic E-state index is -0.756. The third-order valence-electron chi connectivity index (χ3n) is 6.52. The van der Waals surface area contributed by atoms with Gasteiger partial charge in [-0.3, -0.25) is 0 Å². The Hall–Kier alpha value is -3.92. The third kappa shape index (κ3) is 9.37. The van der Waals surface area contributed by atoms with Gasteiger partial charge in [0.2, 0.25) is 13.1 Å². The number of hydrogen-bond donors (Lipinski definition) is 0. The van der Waals surface area contributed by atoms with E-state index >= 15 is 0 Å². The summed E-state index contributed by atoms with van der Waals surface area (Å²) in [6.07, 6.45) is 11.0. The maximum atomic E-state index is 12.3. The van der Waals surface area contributed by atoms with Crippen molar-refractivity contribution in [3.63, 3.8) is 0 Å². The number of nitriles is 1. The Labute approximate surface area is 238 Å². The number of fused-ring (bicyclic) bond motifs is 1. The number of esters is 1. The molecule has 0 bridgehead atoms. The van der Waals surface area contributed by atoms with E-state index in [1.807, 2.05) is 25.1 Å². The summed E-state index contributed by atoms with van der Waals surface area (Å²) in [6, 6.07) is 13.1. The van der Waals surface area contributed by atoms with E-state index in [-0.39, 0.29) is 6.79 Å². The van der Waals surface area contributed by atoms with Crippen LogP contribution in [0.5, 0.6) is 23.0 Å². The van der Waals surface area contributed by atoms with Gasteiger partial charge in [0, 0.05) is 12.0 Å². The number of rotatable bonds is 17. The fraction of sp³-hybridized carbons (Fsp3) is 0.455. The summed E-state index contributed by atoms with van der Waals surface area (Å²) < 4.78 is 28.5. The van der Waals surface area contributed by atoms with Crippen LogP contribution in [0.1, 0.15) is 89.7 Å². The molecule has 1 atom stereocenters. The van der Waals surface area contributed by atoms with Crippen LogP contribution in [0.25, 0.3) is 11.6 Å². The summed E-state index contributed by atoms with van der Waals surface area (Å²) in [5.41, 5.74) is 2.28. The fourth-order valence-corrected chi connectivity index (χ4v) is 4.34. The Morgan fingerprint density at radius 3 is 2.42 bits per heavy atom. The van der Waals surface area contributed by atoms with Gasteiger partial charge in [-0.25, -0.2) is 4.79 Å². The highest BCUT2D eigenvalue weighted by atomic mass is 16.7. The summed E-state index contributed by atoms with van der Waals surface area (Å²) in [5.74, 6) is 1.77. The topological polar surface area (TPSA) is 87.0 Å². The molecule has 0 fully saturated rings. The van der Waals surface area contributed by atoms with Crippen molar-refractivity contribution in [2.24, 2.45) is 0 Å². The molecule has 7 heteroatoms. The van der Waals surface area contributed by atoms with Gasteiger partial charge in [-0.05, 0) is 67.8 Å². The maximum Gasteiger partial charge on any atom is 0.336 e. The second-order valence-electron chi connectivity index (χ2n) is 9.87. The molecule has 0 N–H and O–H groups in total. The van der Waals surface area contributed by atoms with Crippen LogP contribution in [-0.4, -0.2) is 25.7 Å². The summed E-state index contributed by atoms with van der Waals surface area (Å²) in [6.45, 7) is 10.0. The van der Waals surface area contributed by atoms with Crippen LogP contribution >= 0.6 is 0 Å². The molecule has 2 aromatic carbocycles. The summed E-state index contributed by atoms with van der Waals surface area (Å²) in [4.78, 5) is 12.3. The monoisotopic (exact) mass is 547 g/mol. The van der Waals surface area contributed by atoms with Gasteiger partial charge in [-0.2, -0.15) is 5.26 Å². The largest absolute Gasteiger partial charge is 0.490 e. The molecule has 0 saturated heterocycles. The number of ether oxygens (including phenoxy) is 5. The minimum Gasteiger partial charge on any atom is -0.490 e. The third-order valence-corrected chi connectivity index (χ3v) is 6.52. The van der Waals surface area contributed by atoms with Crippen molar-refractivity contribution in [2.75, 3.05) is 13.4 Å². The second-order valence-corrected chi connectivity index (χ2v) is 9.87. The first-order valence-electron chi connectivity index (χ1n) is 14.3. The first kappa shape index (κ1) is 30.6. The SMILES string of the molecule is C=C(C)C(=O)OC(CCCCCCCCCC)Oc1ccc(C=C(C#N)c2ccc3c(c2)OCO3)cc1OCC. The molecule has 1 heterocycles. The molecule has 0 saturated carbocycles. The molecule has 2 aromatic rings. The molecule has 7 nitrogen and oxygen atoms in total. The molecule has 1 aliphatic rings. The van der Waals surface area contributed by atoms with Crippen LogP contribution in [0.2, 0.25) is 0 Å². The summed E-state index contributed by atoms with van der Waals surface area (Å²) in [7, 11) is 0. The quantitative estimate of drug-likeness (QED) is 0.0492. The molecule has 0 spiro atoms. The lowest BCUT2D eigenvalue weighted by Crippen LogP contribution is -2.25. The Morgan fingerprint density at radius 1 is 1.00 bits per heavy atom. The summed E-state index contributed by atoms with van der Waals surface area (Å²) in [5, 5.41) is 9.84. The van der Waals surface area contributed by atoms with Crippen LogP contribution in [0.4, 0.5) is 0 Å². The van der Waals surface area contributed by atoms with Gasteiger partial charge >= 0.3 is 5.97 Å². The molecule has 0 radical (unpaired) electrons. The summed E-state index contributed by atoms with van der Waals surface area (Å²) >= 11 is 0. The molecule has 3 rings (SSSR count). The zero-order valence-corrected chi connectivity index (χ0v) is 24.0. The van der Waals surface area contributed by atoms with Crippen molar-refractivity contribution in [2.45, 2.75) is 84.8 Å². The van der Waals surface area contributed by atoms with Gasteiger partial charge < -0.3 is 23.7 Å². The van der Waals surface area contributed by atoms with Crippen molar-refractivity contribution in [3.8, 4) is 29.1 Å². The fourth-order valence-electron chi connectivity index (χ4n) is 4.34. The number of allylic oxidation sites excluding steroid dienone is 1. The molecule has 0 aromatic heterocycles. The van der Waals surface area contributed by atoms with Crippen molar-refractivity contribution in [1.29, 1.82) is 5.26 Å². The van der Waals surface area contributed by atoms with E-state index in [1.165, 1.54) is 32.1 Å². The van der Waals surface area contributed by atoms with E-state index in [9.17, 15) is 10.1 Å². The lowest BCUT2D eigenvalue weighted by atomic mass is 10.0. The van der Waals surface area contributed by atoms with Crippen molar-refractivity contribution >= 4 is 17.6 Å². The van der Waals surface area contributed by atoms with Crippen LogP contribution < -0.4 is 18.9 Å². The van der Waals surface area contributed by atoms with Crippen LogP contribution in [0.15, 0.2) is 48.6 Å². The highest BCUT2D eigenvalue weighted by Crippen LogP contribution is 2.36. The van der Waals surface area contributed by atoms with E-state index in [0.717, 1.165) is 30.4 Å². The second kappa shape index (κ2) is 16.2. The van der Waals surface area contributed by atoms with Gasteiger partial charge in [-0.1, -0.05) is 64.5 Å². The van der Waals surface area contributed by atoms with E-state index in [4.69, 9.17) is 23.7 Å². The predicted molar refractivity (Wildman–Crippen MR) is 156 cm³/mol. The van der Waals surface area contributed by atoms with Gasteiger partial charge in [0.15, 0.2) is 23.0 Å². The van der Waals surface area contributed by atoms with Crippen molar-refractivity contribution in [3.05, 3.63) is 59.7 Å². The smallest absolute Gasteiger partial charge is 0.336 e. The zero-order chi connectivity index (χ0) is 28.7. The van der Waals surface area contributed by atoms with Crippen molar-refractivity contribution < 1.29 is 28.5 Å². The van der Waals surface area contributed by atoms with E-state index in [2.05, 4.69) is 19.6 Å². The zero-order valence-electron chi connectivity index (χ0n) is 24.0. The average molecular weight is 548 g/mol. The number of benzene rings is 2. The van der Waals surface area contributed by atoms with Gasteiger partial charge in [0.1, 0.15) is 0 Å². The standard InChI is InChI=1S/C33H41NO6/c1-5-7-8-9-10-11-12-13-14-32(40-33(35)24(3)4)39-29-17-15-25(20-30(29)36-6-2)19-27(22-34)26-16-18-28-31(21-26)38-23-37-28/h15-21,32H,3,5-14,23H2,1-2,4H3. The molecule has 214 valence electrons. The Bertz CT molecular complexity index is 1210. The van der Waals surface area contributed by atoms with Gasteiger partial charge in [-0.15, -0.1) is 0 Å². The van der Waals surface area contributed by atoms with E-state index in [1.54, 1.807) is 31.2 Å². The minimum absolute atomic E-state index is 0.172. The van der Waals surface area contributed by atoms with E-state index in [0.29, 0.717) is 47.2 Å². The normalized spacial score (nSPS) is 12.9. The highest BCUT2D eigenvalue weighted by molar-refractivity contribution is 5.90. The Kier molecular flexibility index (Phi) is 12.4. The van der Waals surface area contributed by atoms with Crippen molar-refractivity contribution in [1.82, 2.24) is 0 Å². The lowest BCUT2D eigenvalue weighted by Gasteiger charge is -2.21. The number of carbonyl (C=O) groups excluding carboxylic acids is 1. The molecular formula is C33H41NO6. The lowest BCUT2D eigenvalue weighted by molar-refractivity contribution is -0.159. The molecular weight excluding hydrogens is 506 g/mol. The van der Waals surface area contributed by atoms with Crippen LogP contribution in [0, 0.1) is 11.3 Å². The van der Waals surface area contributed by atoms with Gasteiger partial charge in [0.25, 0.3) is 0 Å². The number of unbranched alkanes of at least 4 members (excludes halogenated alkanes) is 7. The van der Waals surface area contributed by atoms with E-state index < -0.39 is 12.3 Å². The van der Waals surface area contributed by atoms with Crippen LogP contribution in [-0.2, 0) is 9.53 Å². The Morgan fingerprint density at radius 2 is 1.73 bits per heavy atom. The maximum absolute atomic E-state index is 12.3. The van der Waals surface area contributed by atoms with Gasteiger partial charge in [0.05, 0.1) is 18.2 Å². The predicted octanol–water partition coefficient (Wildman–Crippen LogP) is 8.23. The highest BCUT2D eigenvalue weighted by Gasteiger charge is 2.20. The number of nitrogens with zero attached hydrogens (tertiary/aromatic N) is 1. The Balaban J connectivity index is 1.72.